The third kappa shape index (κ3) is 5.03. The number of hydrogen-bond donors (Lipinski definition) is 2. The zero-order valence-corrected chi connectivity index (χ0v) is 14.9. The molecule has 0 bridgehead atoms. The highest BCUT2D eigenvalue weighted by Crippen LogP contribution is 2.29. The van der Waals surface area contributed by atoms with Gasteiger partial charge in [0, 0.05) is 26.2 Å². The highest BCUT2D eigenvalue weighted by molar-refractivity contribution is 5.86. The predicted molar refractivity (Wildman–Crippen MR) is 98.0 cm³/mol. The van der Waals surface area contributed by atoms with Crippen LogP contribution in [0.25, 0.3) is 0 Å². The van der Waals surface area contributed by atoms with Crippen molar-refractivity contribution in [2.45, 2.75) is 25.4 Å². The quantitative estimate of drug-likeness (QED) is 0.836. The standard InChI is InChI=1S/C14H22N4O.3ClH/c15-11-9-17-12(14-10-16-4-7-19-14)8-13(11)18-5-2-1-3-6-18;;;/h8-9,14,16H,1-7,10,15H2;3*1H. The first-order chi connectivity index (χ1) is 9.34. The molecule has 2 aliphatic heterocycles. The number of pyridine rings is 1. The van der Waals surface area contributed by atoms with E-state index in [1.807, 2.05) is 0 Å². The molecule has 1 atom stereocenters. The summed E-state index contributed by atoms with van der Waals surface area (Å²) in [5.41, 5.74) is 8.97. The van der Waals surface area contributed by atoms with E-state index in [1.54, 1.807) is 6.20 Å². The second-order valence-corrected chi connectivity index (χ2v) is 5.28. The number of halogens is 3. The van der Waals surface area contributed by atoms with Crippen LogP contribution >= 0.6 is 37.2 Å². The van der Waals surface area contributed by atoms with Crippen molar-refractivity contribution >= 4 is 48.6 Å². The molecule has 0 aliphatic carbocycles. The molecular formula is C14H25Cl3N4O. The van der Waals surface area contributed by atoms with Crippen molar-refractivity contribution in [3.8, 4) is 0 Å². The lowest BCUT2D eigenvalue weighted by Crippen LogP contribution is -2.34. The van der Waals surface area contributed by atoms with E-state index in [-0.39, 0.29) is 43.3 Å². The van der Waals surface area contributed by atoms with Crippen molar-refractivity contribution in [1.82, 2.24) is 10.3 Å². The van der Waals surface area contributed by atoms with Crippen molar-refractivity contribution in [1.29, 1.82) is 0 Å². The highest BCUT2D eigenvalue weighted by Gasteiger charge is 2.20. The van der Waals surface area contributed by atoms with Crippen LogP contribution in [0.3, 0.4) is 0 Å². The minimum atomic E-state index is 0. The van der Waals surface area contributed by atoms with Gasteiger partial charge in [-0.25, -0.2) is 0 Å². The Hall–Kier alpha value is -0.460. The Kier molecular flexibility index (Phi) is 10.1. The van der Waals surface area contributed by atoms with Gasteiger partial charge in [0.25, 0.3) is 0 Å². The first kappa shape index (κ1) is 21.5. The average Bonchev–Trinajstić information content (AvgIpc) is 2.49. The summed E-state index contributed by atoms with van der Waals surface area (Å²) in [6, 6.07) is 2.11. The van der Waals surface area contributed by atoms with Crippen molar-refractivity contribution in [2.24, 2.45) is 0 Å². The molecule has 2 aliphatic rings. The fourth-order valence-electron chi connectivity index (χ4n) is 2.81. The van der Waals surface area contributed by atoms with Gasteiger partial charge in [-0.1, -0.05) is 0 Å². The Labute approximate surface area is 150 Å². The molecule has 2 fully saturated rings. The van der Waals surface area contributed by atoms with Crippen molar-refractivity contribution < 1.29 is 4.74 Å². The van der Waals surface area contributed by atoms with Gasteiger partial charge in [0.05, 0.1) is 29.9 Å². The first-order valence-electron chi connectivity index (χ1n) is 7.17. The topological polar surface area (TPSA) is 63.4 Å². The molecule has 1 aromatic rings. The Morgan fingerprint density at radius 1 is 1.18 bits per heavy atom. The van der Waals surface area contributed by atoms with Gasteiger partial charge in [-0.3, -0.25) is 4.98 Å². The van der Waals surface area contributed by atoms with Crippen molar-refractivity contribution in [3.05, 3.63) is 18.0 Å². The molecule has 3 heterocycles. The van der Waals surface area contributed by atoms with Gasteiger partial charge in [-0.15, -0.1) is 37.2 Å². The molecule has 1 aromatic heterocycles. The Morgan fingerprint density at radius 2 is 1.91 bits per heavy atom. The molecule has 0 spiro atoms. The van der Waals surface area contributed by atoms with Gasteiger partial charge >= 0.3 is 0 Å². The number of aromatic nitrogens is 1. The zero-order chi connectivity index (χ0) is 13.1. The van der Waals surface area contributed by atoms with Crippen LogP contribution < -0.4 is 16.0 Å². The van der Waals surface area contributed by atoms with E-state index in [4.69, 9.17) is 10.5 Å². The van der Waals surface area contributed by atoms with Gasteiger partial charge in [-0.2, -0.15) is 0 Å². The van der Waals surface area contributed by atoms with E-state index < -0.39 is 0 Å². The second kappa shape index (κ2) is 10.3. The van der Waals surface area contributed by atoms with Crippen LogP contribution in [0.1, 0.15) is 31.1 Å². The van der Waals surface area contributed by atoms with Crippen LogP contribution in [0.5, 0.6) is 0 Å². The van der Waals surface area contributed by atoms with Crippen molar-refractivity contribution in [2.75, 3.05) is 43.4 Å². The van der Waals surface area contributed by atoms with Crippen molar-refractivity contribution in [3.63, 3.8) is 0 Å². The van der Waals surface area contributed by atoms with Gasteiger partial charge < -0.3 is 20.7 Å². The maximum atomic E-state index is 6.09. The van der Waals surface area contributed by atoms with E-state index >= 15 is 0 Å². The molecule has 0 radical (unpaired) electrons. The second-order valence-electron chi connectivity index (χ2n) is 5.28. The van der Waals surface area contributed by atoms with E-state index in [1.165, 1.54) is 19.3 Å². The molecule has 2 saturated heterocycles. The molecular weight excluding hydrogens is 347 g/mol. The summed E-state index contributed by atoms with van der Waals surface area (Å²) in [6.07, 6.45) is 5.65. The maximum Gasteiger partial charge on any atom is 0.112 e. The summed E-state index contributed by atoms with van der Waals surface area (Å²) in [4.78, 5) is 6.82. The van der Waals surface area contributed by atoms with Crippen LogP contribution in [-0.4, -0.2) is 37.8 Å². The monoisotopic (exact) mass is 370 g/mol. The van der Waals surface area contributed by atoms with Crippen LogP contribution in [0.2, 0.25) is 0 Å². The highest BCUT2D eigenvalue weighted by atomic mass is 35.5. The summed E-state index contributed by atoms with van der Waals surface area (Å²) in [5, 5.41) is 3.34. The molecule has 128 valence electrons. The molecule has 0 saturated carbocycles. The summed E-state index contributed by atoms with van der Waals surface area (Å²) in [6.45, 7) is 4.69. The van der Waals surface area contributed by atoms with Crippen LogP contribution in [-0.2, 0) is 4.74 Å². The van der Waals surface area contributed by atoms with Gasteiger partial charge in [0.15, 0.2) is 0 Å². The Balaban J connectivity index is 0.00000147. The number of ether oxygens (including phenoxy) is 1. The van der Waals surface area contributed by atoms with E-state index in [2.05, 4.69) is 21.3 Å². The third-order valence-corrected chi connectivity index (χ3v) is 3.89. The number of nitrogens with zero attached hydrogens (tertiary/aromatic N) is 2. The molecule has 3 N–H and O–H groups in total. The molecule has 22 heavy (non-hydrogen) atoms. The lowest BCUT2D eigenvalue weighted by atomic mass is 10.1. The third-order valence-electron chi connectivity index (χ3n) is 3.89. The van der Waals surface area contributed by atoms with Crippen LogP contribution in [0, 0.1) is 0 Å². The summed E-state index contributed by atoms with van der Waals surface area (Å²) in [7, 11) is 0. The number of piperidine rings is 1. The minimum Gasteiger partial charge on any atom is -0.396 e. The number of nitrogens with two attached hydrogens (primary N) is 1. The van der Waals surface area contributed by atoms with Crippen LogP contribution in [0.4, 0.5) is 11.4 Å². The molecule has 1 unspecified atom stereocenters. The normalized spacial score (nSPS) is 21.1. The molecule has 0 aromatic carbocycles. The molecule has 5 nitrogen and oxygen atoms in total. The lowest BCUT2D eigenvalue weighted by Gasteiger charge is -2.31. The summed E-state index contributed by atoms with van der Waals surface area (Å²) >= 11 is 0. The predicted octanol–water partition coefficient (Wildman–Crippen LogP) is 2.58. The Bertz CT molecular complexity index is 438. The maximum absolute atomic E-state index is 6.09. The number of nitrogen functional groups attached to an aromatic ring is 1. The van der Waals surface area contributed by atoms with Gasteiger partial charge in [0.1, 0.15) is 6.10 Å². The fraction of sp³-hybridized carbons (Fsp3) is 0.643. The van der Waals surface area contributed by atoms with E-state index in [9.17, 15) is 0 Å². The van der Waals surface area contributed by atoms with Crippen LogP contribution in [0.15, 0.2) is 12.3 Å². The van der Waals surface area contributed by atoms with Gasteiger partial charge in [0.2, 0.25) is 0 Å². The molecule has 0 amide bonds. The molecule has 8 heteroatoms. The summed E-state index contributed by atoms with van der Waals surface area (Å²) in [5.74, 6) is 0. The van der Waals surface area contributed by atoms with Gasteiger partial charge in [-0.05, 0) is 25.3 Å². The number of hydrogen-bond acceptors (Lipinski definition) is 5. The number of nitrogens with one attached hydrogen (secondary N) is 1. The average molecular weight is 372 g/mol. The lowest BCUT2D eigenvalue weighted by molar-refractivity contribution is 0.0251. The number of rotatable bonds is 2. The zero-order valence-electron chi connectivity index (χ0n) is 12.5. The Morgan fingerprint density at radius 3 is 2.55 bits per heavy atom. The number of anilines is 2. The van der Waals surface area contributed by atoms with E-state index in [0.717, 1.165) is 49.9 Å². The summed E-state index contributed by atoms with van der Waals surface area (Å²) < 4.78 is 5.76. The fourth-order valence-corrected chi connectivity index (χ4v) is 2.81. The number of morpholine rings is 1. The van der Waals surface area contributed by atoms with E-state index in [0.29, 0.717) is 0 Å². The first-order valence-corrected chi connectivity index (χ1v) is 7.17. The molecule has 3 rings (SSSR count). The smallest absolute Gasteiger partial charge is 0.112 e. The minimum absolute atomic E-state index is 0. The largest absolute Gasteiger partial charge is 0.396 e. The SMILES string of the molecule is Cl.Cl.Cl.Nc1cnc(C2CNCCO2)cc1N1CCCCC1.